The number of rotatable bonds is 3. The zero-order valence-electron chi connectivity index (χ0n) is 9.47. The van der Waals surface area contributed by atoms with Crippen molar-refractivity contribution >= 4 is 22.3 Å². The number of nitrogen functional groups attached to an aromatic ring is 1. The van der Waals surface area contributed by atoms with Crippen molar-refractivity contribution in [3.63, 3.8) is 0 Å². The molecule has 2 aromatic rings. The van der Waals surface area contributed by atoms with E-state index in [2.05, 4.69) is 0 Å². The van der Waals surface area contributed by atoms with Crippen molar-refractivity contribution in [3.05, 3.63) is 41.3 Å². The molecule has 0 aliphatic carbocycles. The van der Waals surface area contributed by atoms with Crippen molar-refractivity contribution in [1.29, 1.82) is 0 Å². The Hall–Kier alpha value is -1.81. The highest BCUT2D eigenvalue weighted by molar-refractivity contribution is 7.18. The van der Waals surface area contributed by atoms with Crippen LogP contribution in [0.4, 0.5) is 5.00 Å². The summed E-state index contributed by atoms with van der Waals surface area (Å²) in [6, 6.07) is 11.5. The maximum Gasteiger partial charge on any atom is 0.349 e. The molecule has 0 radical (unpaired) electrons. The van der Waals surface area contributed by atoms with Crippen LogP contribution in [0.3, 0.4) is 0 Å². The van der Waals surface area contributed by atoms with Crippen molar-refractivity contribution in [3.8, 4) is 11.1 Å². The minimum Gasteiger partial charge on any atom is -0.462 e. The molecule has 0 unspecified atom stereocenters. The van der Waals surface area contributed by atoms with Gasteiger partial charge < -0.3 is 10.5 Å². The van der Waals surface area contributed by atoms with E-state index >= 15 is 0 Å². The zero-order chi connectivity index (χ0) is 12.3. The standard InChI is InChI=1S/C13H13NO2S/c1-2-16-13(15)12-10(8-11(14)17-12)9-6-4-3-5-7-9/h3-8H,2,14H2,1H3. The van der Waals surface area contributed by atoms with Gasteiger partial charge >= 0.3 is 5.97 Å². The SMILES string of the molecule is CCOC(=O)c1sc(N)cc1-c1ccccc1. The van der Waals surface area contributed by atoms with Crippen LogP contribution in [-0.4, -0.2) is 12.6 Å². The fourth-order valence-electron chi connectivity index (χ4n) is 1.59. The van der Waals surface area contributed by atoms with Crippen molar-refractivity contribution in [2.45, 2.75) is 6.92 Å². The minimum absolute atomic E-state index is 0.312. The van der Waals surface area contributed by atoms with Gasteiger partial charge in [-0.2, -0.15) is 0 Å². The molecule has 0 aliphatic heterocycles. The summed E-state index contributed by atoms with van der Waals surface area (Å²) >= 11 is 1.26. The highest BCUT2D eigenvalue weighted by atomic mass is 32.1. The number of ether oxygens (including phenoxy) is 1. The molecular formula is C13H13NO2S. The third-order valence-electron chi connectivity index (χ3n) is 2.30. The summed E-state index contributed by atoms with van der Waals surface area (Å²) in [6.07, 6.45) is 0. The van der Waals surface area contributed by atoms with Gasteiger partial charge in [0.2, 0.25) is 0 Å². The van der Waals surface area contributed by atoms with Gasteiger partial charge in [0, 0.05) is 5.56 Å². The maximum atomic E-state index is 11.8. The second-order valence-corrected chi connectivity index (χ2v) is 4.56. The van der Waals surface area contributed by atoms with Crippen LogP contribution in [-0.2, 0) is 4.74 Å². The van der Waals surface area contributed by atoms with E-state index in [1.165, 1.54) is 11.3 Å². The monoisotopic (exact) mass is 247 g/mol. The van der Waals surface area contributed by atoms with E-state index in [1.54, 1.807) is 6.92 Å². The number of thiophene rings is 1. The van der Waals surface area contributed by atoms with E-state index in [-0.39, 0.29) is 5.97 Å². The molecule has 17 heavy (non-hydrogen) atoms. The van der Waals surface area contributed by atoms with Crippen LogP contribution in [0.1, 0.15) is 16.6 Å². The summed E-state index contributed by atoms with van der Waals surface area (Å²) < 4.78 is 5.02. The van der Waals surface area contributed by atoms with Crippen molar-refractivity contribution in [2.24, 2.45) is 0 Å². The number of hydrogen-bond acceptors (Lipinski definition) is 4. The van der Waals surface area contributed by atoms with Crippen molar-refractivity contribution < 1.29 is 9.53 Å². The van der Waals surface area contributed by atoms with Crippen LogP contribution in [0.5, 0.6) is 0 Å². The lowest BCUT2D eigenvalue weighted by Gasteiger charge is -2.03. The molecule has 0 saturated carbocycles. The zero-order valence-corrected chi connectivity index (χ0v) is 10.3. The Morgan fingerprint density at radius 2 is 2.06 bits per heavy atom. The molecule has 88 valence electrons. The first-order chi connectivity index (χ1) is 8.22. The molecular weight excluding hydrogens is 234 g/mol. The van der Waals surface area contributed by atoms with Gasteiger partial charge in [0.25, 0.3) is 0 Å². The summed E-state index contributed by atoms with van der Waals surface area (Å²) in [6.45, 7) is 2.15. The van der Waals surface area contributed by atoms with Crippen molar-refractivity contribution in [2.75, 3.05) is 12.3 Å². The van der Waals surface area contributed by atoms with Gasteiger partial charge in [-0.15, -0.1) is 11.3 Å². The largest absolute Gasteiger partial charge is 0.462 e. The summed E-state index contributed by atoms with van der Waals surface area (Å²) in [5, 5.41) is 0.618. The maximum absolute atomic E-state index is 11.8. The number of hydrogen-bond donors (Lipinski definition) is 1. The Bertz CT molecular complexity index is 519. The van der Waals surface area contributed by atoms with Gasteiger partial charge in [-0.3, -0.25) is 0 Å². The number of nitrogens with two attached hydrogens (primary N) is 1. The molecule has 2 rings (SSSR count). The van der Waals surface area contributed by atoms with Crippen molar-refractivity contribution in [1.82, 2.24) is 0 Å². The Labute approximate surface area is 104 Å². The van der Waals surface area contributed by atoms with Crippen LogP contribution in [0, 0.1) is 0 Å². The molecule has 1 heterocycles. The second-order valence-electron chi connectivity index (χ2n) is 3.48. The molecule has 0 amide bonds. The summed E-state index contributed by atoms with van der Waals surface area (Å²) in [7, 11) is 0. The Morgan fingerprint density at radius 3 is 2.71 bits per heavy atom. The lowest BCUT2D eigenvalue weighted by Crippen LogP contribution is -2.03. The van der Waals surface area contributed by atoms with Crippen LogP contribution in [0.25, 0.3) is 11.1 Å². The van der Waals surface area contributed by atoms with Crippen LogP contribution >= 0.6 is 11.3 Å². The first kappa shape index (κ1) is 11.7. The topological polar surface area (TPSA) is 52.3 Å². The molecule has 0 aliphatic rings. The molecule has 0 spiro atoms. The number of anilines is 1. The molecule has 1 aromatic heterocycles. The molecule has 0 atom stereocenters. The third kappa shape index (κ3) is 2.47. The average Bonchev–Trinajstić information content (AvgIpc) is 2.73. The normalized spacial score (nSPS) is 10.2. The van der Waals surface area contributed by atoms with E-state index in [0.29, 0.717) is 16.5 Å². The number of carbonyl (C=O) groups is 1. The lowest BCUT2D eigenvalue weighted by atomic mass is 10.1. The highest BCUT2D eigenvalue weighted by Crippen LogP contribution is 2.33. The third-order valence-corrected chi connectivity index (χ3v) is 3.24. The smallest absolute Gasteiger partial charge is 0.349 e. The second kappa shape index (κ2) is 5.01. The van der Waals surface area contributed by atoms with E-state index in [0.717, 1.165) is 11.1 Å². The van der Waals surface area contributed by atoms with E-state index < -0.39 is 0 Å². The molecule has 2 N–H and O–H groups in total. The van der Waals surface area contributed by atoms with Gasteiger partial charge in [-0.05, 0) is 18.6 Å². The molecule has 0 saturated heterocycles. The average molecular weight is 247 g/mol. The van der Waals surface area contributed by atoms with Gasteiger partial charge in [0.05, 0.1) is 11.6 Å². The Balaban J connectivity index is 2.44. The first-order valence-electron chi connectivity index (χ1n) is 5.34. The van der Waals surface area contributed by atoms with Crippen LogP contribution in [0.15, 0.2) is 36.4 Å². The molecule has 4 heteroatoms. The fourth-order valence-corrected chi connectivity index (χ4v) is 2.43. The molecule has 1 aromatic carbocycles. The summed E-state index contributed by atoms with van der Waals surface area (Å²) in [4.78, 5) is 12.4. The predicted molar refractivity (Wildman–Crippen MR) is 70.1 cm³/mol. The minimum atomic E-state index is -0.312. The van der Waals surface area contributed by atoms with E-state index in [1.807, 2.05) is 36.4 Å². The predicted octanol–water partition coefficient (Wildman–Crippen LogP) is 3.17. The van der Waals surface area contributed by atoms with Crippen LogP contribution in [0.2, 0.25) is 0 Å². The van der Waals surface area contributed by atoms with Gasteiger partial charge in [0.1, 0.15) is 4.88 Å². The molecule has 3 nitrogen and oxygen atoms in total. The Kier molecular flexibility index (Phi) is 3.44. The fraction of sp³-hybridized carbons (Fsp3) is 0.154. The quantitative estimate of drug-likeness (QED) is 0.847. The number of carbonyl (C=O) groups excluding carboxylic acids is 1. The molecule has 0 bridgehead atoms. The van der Waals surface area contributed by atoms with Gasteiger partial charge in [-0.1, -0.05) is 30.3 Å². The van der Waals surface area contributed by atoms with Gasteiger partial charge in [0.15, 0.2) is 0 Å². The lowest BCUT2D eigenvalue weighted by molar-refractivity contribution is 0.0533. The number of benzene rings is 1. The highest BCUT2D eigenvalue weighted by Gasteiger charge is 2.17. The van der Waals surface area contributed by atoms with Gasteiger partial charge in [-0.25, -0.2) is 4.79 Å². The number of esters is 1. The van der Waals surface area contributed by atoms with Crippen LogP contribution < -0.4 is 5.73 Å². The summed E-state index contributed by atoms with van der Waals surface area (Å²) in [5.74, 6) is -0.312. The van der Waals surface area contributed by atoms with E-state index in [4.69, 9.17) is 10.5 Å². The Morgan fingerprint density at radius 1 is 1.35 bits per heavy atom. The van der Waals surface area contributed by atoms with E-state index in [9.17, 15) is 4.79 Å². The summed E-state index contributed by atoms with van der Waals surface area (Å²) in [5.41, 5.74) is 7.58. The molecule has 0 fully saturated rings. The first-order valence-corrected chi connectivity index (χ1v) is 6.16.